The van der Waals surface area contributed by atoms with Gasteiger partial charge in [0.05, 0.1) is 4.90 Å². The second-order valence-electron chi connectivity index (χ2n) is 5.93. The molecule has 0 saturated carbocycles. The number of allylic oxidation sites excluding steroid dienone is 1. The Bertz CT molecular complexity index is 676. The highest BCUT2D eigenvalue weighted by Gasteiger charge is 2.17. The Morgan fingerprint density at radius 3 is 2.43 bits per heavy atom. The van der Waals surface area contributed by atoms with Gasteiger partial charge in [0.15, 0.2) is 0 Å². The Kier molecular flexibility index (Phi) is 5.96. The summed E-state index contributed by atoms with van der Waals surface area (Å²) in [4.78, 5) is 12.3. The van der Waals surface area contributed by atoms with E-state index >= 15 is 0 Å². The number of hydrogen-bond donors (Lipinski definition) is 1. The molecule has 0 unspecified atom stereocenters. The molecule has 1 aromatic carbocycles. The van der Waals surface area contributed by atoms with Gasteiger partial charge in [-0.05, 0) is 56.4 Å². The molecular weight excluding hydrogens is 312 g/mol. The first-order valence-corrected chi connectivity index (χ1v) is 9.34. The van der Waals surface area contributed by atoms with Crippen LogP contribution in [0.2, 0.25) is 0 Å². The highest BCUT2D eigenvalue weighted by Crippen LogP contribution is 2.19. The van der Waals surface area contributed by atoms with Gasteiger partial charge >= 0.3 is 0 Å². The molecule has 0 bridgehead atoms. The van der Waals surface area contributed by atoms with E-state index in [0.29, 0.717) is 12.1 Å². The van der Waals surface area contributed by atoms with Gasteiger partial charge in [0.25, 0.3) is 5.91 Å². The fraction of sp³-hybridized carbons (Fsp3) is 0.471. The smallest absolute Gasteiger partial charge is 0.251 e. The summed E-state index contributed by atoms with van der Waals surface area (Å²) in [5.41, 5.74) is 1.89. The normalized spacial score (nSPS) is 15.3. The third kappa shape index (κ3) is 4.65. The molecule has 1 aliphatic rings. The fourth-order valence-corrected chi connectivity index (χ4v) is 3.46. The molecule has 126 valence electrons. The second kappa shape index (κ2) is 7.75. The molecule has 0 atom stereocenters. The van der Waals surface area contributed by atoms with E-state index in [2.05, 4.69) is 11.4 Å². The van der Waals surface area contributed by atoms with Crippen molar-refractivity contribution in [3.8, 4) is 0 Å². The number of carbonyl (C=O) groups excluding carboxylic acids is 1. The van der Waals surface area contributed by atoms with Crippen molar-refractivity contribution in [2.45, 2.75) is 37.0 Å². The molecule has 0 fully saturated rings. The Morgan fingerprint density at radius 1 is 1.17 bits per heavy atom. The maximum absolute atomic E-state index is 12.1. The molecule has 1 aromatic rings. The molecule has 0 aromatic heterocycles. The summed E-state index contributed by atoms with van der Waals surface area (Å²) in [6.07, 6.45) is 7.94. The van der Waals surface area contributed by atoms with E-state index in [1.165, 1.54) is 44.6 Å². The average Bonchev–Trinajstić information content (AvgIpc) is 2.55. The lowest BCUT2D eigenvalue weighted by atomic mass is 9.97. The fourth-order valence-electron chi connectivity index (χ4n) is 2.56. The standard InChI is InChI=1S/C17H24N2O3S/c1-19(2)23(21,22)16-10-8-15(9-11-16)17(20)18-13-12-14-6-4-3-5-7-14/h6,8-11H,3-5,7,12-13H2,1-2H3,(H,18,20). The molecule has 0 radical (unpaired) electrons. The number of amides is 1. The molecule has 1 aliphatic carbocycles. The molecule has 0 saturated heterocycles. The van der Waals surface area contributed by atoms with E-state index in [0.717, 1.165) is 23.6 Å². The minimum absolute atomic E-state index is 0.171. The van der Waals surface area contributed by atoms with Crippen LogP contribution in [-0.4, -0.2) is 39.3 Å². The van der Waals surface area contributed by atoms with Crippen LogP contribution < -0.4 is 5.32 Å². The molecule has 5 nitrogen and oxygen atoms in total. The van der Waals surface area contributed by atoms with E-state index in [4.69, 9.17) is 0 Å². The third-order valence-electron chi connectivity index (χ3n) is 4.01. The van der Waals surface area contributed by atoms with Crippen LogP contribution in [-0.2, 0) is 10.0 Å². The second-order valence-corrected chi connectivity index (χ2v) is 8.08. The monoisotopic (exact) mass is 336 g/mol. The van der Waals surface area contributed by atoms with E-state index in [-0.39, 0.29) is 10.8 Å². The average molecular weight is 336 g/mol. The van der Waals surface area contributed by atoms with Crippen LogP contribution in [0.3, 0.4) is 0 Å². The van der Waals surface area contributed by atoms with Gasteiger partial charge in [-0.3, -0.25) is 4.79 Å². The highest BCUT2D eigenvalue weighted by molar-refractivity contribution is 7.89. The van der Waals surface area contributed by atoms with Crippen LogP contribution in [0.25, 0.3) is 0 Å². The molecule has 0 spiro atoms. The number of benzene rings is 1. The van der Waals surface area contributed by atoms with Gasteiger partial charge in [-0.25, -0.2) is 12.7 Å². The van der Waals surface area contributed by atoms with E-state index in [1.54, 1.807) is 12.1 Å². The lowest BCUT2D eigenvalue weighted by Crippen LogP contribution is -2.25. The first kappa shape index (κ1) is 17.7. The minimum atomic E-state index is -3.46. The van der Waals surface area contributed by atoms with Crippen molar-refractivity contribution in [1.82, 2.24) is 9.62 Å². The molecule has 0 aliphatic heterocycles. The highest BCUT2D eigenvalue weighted by atomic mass is 32.2. The van der Waals surface area contributed by atoms with Gasteiger partial charge in [0.1, 0.15) is 0 Å². The number of sulfonamides is 1. The van der Waals surface area contributed by atoms with Crippen LogP contribution in [0.15, 0.2) is 40.8 Å². The Morgan fingerprint density at radius 2 is 1.87 bits per heavy atom. The SMILES string of the molecule is CN(C)S(=O)(=O)c1ccc(C(=O)NCCC2=CCCCC2)cc1. The van der Waals surface area contributed by atoms with Crippen LogP contribution in [0.1, 0.15) is 42.5 Å². The zero-order chi connectivity index (χ0) is 16.9. The Labute approximate surface area is 138 Å². The summed E-state index contributed by atoms with van der Waals surface area (Å²) < 4.78 is 25.1. The molecular formula is C17H24N2O3S. The van der Waals surface area contributed by atoms with Crippen molar-refractivity contribution >= 4 is 15.9 Å². The maximum atomic E-state index is 12.1. The van der Waals surface area contributed by atoms with E-state index in [1.807, 2.05) is 0 Å². The van der Waals surface area contributed by atoms with Crippen molar-refractivity contribution < 1.29 is 13.2 Å². The first-order valence-electron chi connectivity index (χ1n) is 7.90. The summed E-state index contributed by atoms with van der Waals surface area (Å²) in [5, 5.41) is 2.89. The van der Waals surface area contributed by atoms with Gasteiger partial charge in [-0.2, -0.15) is 0 Å². The largest absolute Gasteiger partial charge is 0.352 e. The van der Waals surface area contributed by atoms with Gasteiger partial charge in [-0.15, -0.1) is 0 Å². The van der Waals surface area contributed by atoms with Crippen LogP contribution in [0, 0.1) is 0 Å². The van der Waals surface area contributed by atoms with E-state index in [9.17, 15) is 13.2 Å². The zero-order valence-corrected chi connectivity index (χ0v) is 14.5. The zero-order valence-electron chi connectivity index (χ0n) is 13.7. The summed E-state index contributed by atoms with van der Waals surface area (Å²) in [7, 11) is -0.493. The maximum Gasteiger partial charge on any atom is 0.251 e. The van der Waals surface area contributed by atoms with Crippen LogP contribution in [0.4, 0.5) is 0 Å². The molecule has 6 heteroatoms. The summed E-state index contributed by atoms with van der Waals surface area (Å²) in [6.45, 7) is 0.614. The summed E-state index contributed by atoms with van der Waals surface area (Å²) >= 11 is 0. The van der Waals surface area contributed by atoms with Crippen molar-refractivity contribution in [2.75, 3.05) is 20.6 Å². The number of nitrogens with zero attached hydrogens (tertiary/aromatic N) is 1. The summed E-state index contributed by atoms with van der Waals surface area (Å²) in [5.74, 6) is -0.171. The molecule has 23 heavy (non-hydrogen) atoms. The number of nitrogens with one attached hydrogen (secondary N) is 1. The van der Waals surface area contributed by atoms with Crippen LogP contribution >= 0.6 is 0 Å². The van der Waals surface area contributed by atoms with Crippen molar-refractivity contribution in [2.24, 2.45) is 0 Å². The first-order chi connectivity index (χ1) is 10.9. The number of carbonyl (C=O) groups is 1. The topological polar surface area (TPSA) is 66.5 Å². The molecule has 0 heterocycles. The lowest BCUT2D eigenvalue weighted by Gasteiger charge is -2.13. The predicted octanol–water partition coefficient (Wildman–Crippen LogP) is 2.56. The molecule has 1 N–H and O–H groups in total. The van der Waals surface area contributed by atoms with Crippen molar-refractivity contribution in [3.05, 3.63) is 41.5 Å². The number of hydrogen-bond acceptors (Lipinski definition) is 3. The van der Waals surface area contributed by atoms with Crippen LogP contribution in [0.5, 0.6) is 0 Å². The number of rotatable bonds is 6. The van der Waals surface area contributed by atoms with Gasteiger partial charge < -0.3 is 5.32 Å². The molecule has 1 amide bonds. The summed E-state index contributed by atoms with van der Waals surface area (Å²) in [6, 6.07) is 6.03. The Hall–Kier alpha value is -1.66. The van der Waals surface area contributed by atoms with Gasteiger partial charge in [0, 0.05) is 26.2 Å². The van der Waals surface area contributed by atoms with Crippen molar-refractivity contribution in [3.63, 3.8) is 0 Å². The van der Waals surface area contributed by atoms with Crippen molar-refractivity contribution in [1.29, 1.82) is 0 Å². The van der Waals surface area contributed by atoms with Gasteiger partial charge in [0.2, 0.25) is 10.0 Å². The van der Waals surface area contributed by atoms with Gasteiger partial charge in [-0.1, -0.05) is 11.6 Å². The lowest BCUT2D eigenvalue weighted by molar-refractivity contribution is 0.0954. The van der Waals surface area contributed by atoms with E-state index < -0.39 is 10.0 Å². The Balaban J connectivity index is 1.91. The molecule has 2 rings (SSSR count). The third-order valence-corrected chi connectivity index (χ3v) is 5.84. The predicted molar refractivity (Wildman–Crippen MR) is 90.8 cm³/mol. The minimum Gasteiger partial charge on any atom is -0.352 e. The quantitative estimate of drug-likeness (QED) is 0.812.